The SMILES string of the molecule is Cc1ncn(CCCC(=O)O)n1. The summed E-state index contributed by atoms with van der Waals surface area (Å²) in [5.74, 6) is -0.0582. The topological polar surface area (TPSA) is 68.0 Å². The highest BCUT2D eigenvalue weighted by Crippen LogP contribution is 1.94. The minimum atomic E-state index is -0.771. The Bertz CT molecular complexity index is 269. The minimum Gasteiger partial charge on any atom is -0.481 e. The van der Waals surface area contributed by atoms with Gasteiger partial charge in [0.15, 0.2) is 0 Å². The Balaban J connectivity index is 2.29. The van der Waals surface area contributed by atoms with E-state index < -0.39 is 5.97 Å². The van der Waals surface area contributed by atoms with Crippen molar-refractivity contribution in [1.29, 1.82) is 0 Å². The van der Waals surface area contributed by atoms with E-state index in [1.807, 2.05) is 0 Å². The summed E-state index contributed by atoms with van der Waals surface area (Å²) in [6.45, 7) is 2.42. The molecule has 12 heavy (non-hydrogen) atoms. The second-order valence-electron chi connectivity index (χ2n) is 2.55. The molecule has 0 atom stereocenters. The lowest BCUT2D eigenvalue weighted by Gasteiger charge is -1.96. The van der Waals surface area contributed by atoms with E-state index in [2.05, 4.69) is 10.1 Å². The number of aryl methyl sites for hydroxylation is 2. The number of nitrogens with zero attached hydrogens (tertiary/aromatic N) is 3. The lowest BCUT2D eigenvalue weighted by atomic mass is 10.3. The van der Waals surface area contributed by atoms with Gasteiger partial charge < -0.3 is 5.11 Å². The highest BCUT2D eigenvalue weighted by atomic mass is 16.4. The van der Waals surface area contributed by atoms with Crippen molar-refractivity contribution in [2.75, 3.05) is 0 Å². The van der Waals surface area contributed by atoms with Gasteiger partial charge in [0.1, 0.15) is 12.2 Å². The fourth-order valence-corrected chi connectivity index (χ4v) is 0.888. The molecule has 1 heterocycles. The Morgan fingerprint density at radius 3 is 3.00 bits per heavy atom. The van der Waals surface area contributed by atoms with Crippen LogP contribution in [0.15, 0.2) is 6.33 Å². The minimum absolute atomic E-state index is 0.179. The second-order valence-corrected chi connectivity index (χ2v) is 2.55. The molecule has 0 aromatic carbocycles. The maximum Gasteiger partial charge on any atom is 0.303 e. The van der Waals surface area contributed by atoms with E-state index in [1.54, 1.807) is 17.9 Å². The smallest absolute Gasteiger partial charge is 0.303 e. The molecule has 0 saturated heterocycles. The number of hydrogen-bond acceptors (Lipinski definition) is 3. The van der Waals surface area contributed by atoms with Gasteiger partial charge >= 0.3 is 5.97 Å². The van der Waals surface area contributed by atoms with E-state index in [1.165, 1.54) is 0 Å². The third kappa shape index (κ3) is 2.69. The molecule has 1 aromatic rings. The van der Waals surface area contributed by atoms with Crippen LogP contribution in [0.25, 0.3) is 0 Å². The summed E-state index contributed by atoms with van der Waals surface area (Å²) in [5.41, 5.74) is 0. The van der Waals surface area contributed by atoms with Crippen molar-refractivity contribution in [3.63, 3.8) is 0 Å². The molecule has 1 aromatic heterocycles. The molecule has 0 saturated carbocycles. The normalized spacial score (nSPS) is 10.1. The standard InChI is InChI=1S/C7H11N3O2/c1-6-8-5-10(9-6)4-2-3-7(11)12/h5H,2-4H2,1H3,(H,11,12). The summed E-state index contributed by atoms with van der Waals surface area (Å²) >= 11 is 0. The van der Waals surface area contributed by atoms with E-state index in [9.17, 15) is 4.79 Å². The zero-order chi connectivity index (χ0) is 8.97. The van der Waals surface area contributed by atoms with Crippen LogP contribution in [-0.4, -0.2) is 25.8 Å². The van der Waals surface area contributed by atoms with E-state index in [0.717, 1.165) is 0 Å². The van der Waals surface area contributed by atoms with E-state index >= 15 is 0 Å². The van der Waals surface area contributed by atoms with Crippen molar-refractivity contribution in [3.8, 4) is 0 Å². The number of rotatable bonds is 4. The van der Waals surface area contributed by atoms with Crippen LogP contribution in [0.3, 0.4) is 0 Å². The van der Waals surface area contributed by atoms with Crippen LogP contribution in [0.4, 0.5) is 0 Å². The first-order chi connectivity index (χ1) is 5.68. The van der Waals surface area contributed by atoms with Crippen molar-refractivity contribution >= 4 is 5.97 Å². The first-order valence-corrected chi connectivity index (χ1v) is 3.76. The average Bonchev–Trinajstić information content (AvgIpc) is 2.35. The number of aliphatic carboxylic acids is 1. The lowest BCUT2D eigenvalue weighted by Crippen LogP contribution is -2.02. The Morgan fingerprint density at radius 1 is 1.75 bits per heavy atom. The van der Waals surface area contributed by atoms with Crippen molar-refractivity contribution in [1.82, 2.24) is 14.8 Å². The zero-order valence-electron chi connectivity index (χ0n) is 6.90. The Labute approximate surface area is 70.0 Å². The van der Waals surface area contributed by atoms with Crippen LogP contribution >= 0.6 is 0 Å². The number of carbonyl (C=O) groups is 1. The summed E-state index contributed by atoms with van der Waals surface area (Å²) in [6, 6.07) is 0. The van der Waals surface area contributed by atoms with Crippen molar-refractivity contribution in [2.24, 2.45) is 0 Å². The average molecular weight is 169 g/mol. The molecule has 0 aliphatic heterocycles. The van der Waals surface area contributed by atoms with Gasteiger partial charge in [0.2, 0.25) is 0 Å². The van der Waals surface area contributed by atoms with Gasteiger partial charge in [-0.15, -0.1) is 0 Å². The molecular formula is C7H11N3O2. The summed E-state index contributed by atoms with van der Waals surface area (Å²) in [5, 5.41) is 12.4. The predicted octanol–water partition coefficient (Wildman–Crippen LogP) is 0.451. The first kappa shape index (κ1) is 8.70. The molecule has 5 nitrogen and oxygen atoms in total. The summed E-state index contributed by atoms with van der Waals surface area (Å²) in [7, 11) is 0. The largest absolute Gasteiger partial charge is 0.481 e. The quantitative estimate of drug-likeness (QED) is 0.710. The van der Waals surface area contributed by atoms with Gasteiger partial charge in [0, 0.05) is 13.0 Å². The van der Waals surface area contributed by atoms with Gasteiger partial charge in [-0.05, 0) is 13.3 Å². The van der Waals surface area contributed by atoms with Gasteiger partial charge in [0.25, 0.3) is 0 Å². The third-order valence-corrected chi connectivity index (χ3v) is 1.43. The van der Waals surface area contributed by atoms with Crippen LogP contribution in [0.2, 0.25) is 0 Å². The van der Waals surface area contributed by atoms with E-state index in [-0.39, 0.29) is 6.42 Å². The first-order valence-electron chi connectivity index (χ1n) is 3.76. The summed E-state index contributed by atoms with van der Waals surface area (Å²) < 4.78 is 1.65. The molecule has 66 valence electrons. The number of carboxylic acids is 1. The van der Waals surface area contributed by atoms with Crippen LogP contribution in [-0.2, 0) is 11.3 Å². The third-order valence-electron chi connectivity index (χ3n) is 1.43. The van der Waals surface area contributed by atoms with Crippen molar-refractivity contribution < 1.29 is 9.90 Å². The predicted molar refractivity (Wildman–Crippen MR) is 41.6 cm³/mol. The number of carboxylic acid groups (broad SMARTS) is 1. The van der Waals surface area contributed by atoms with Crippen LogP contribution in [0, 0.1) is 6.92 Å². The maximum absolute atomic E-state index is 10.1. The van der Waals surface area contributed by atoms with Gasteiger partial charge in [0.05, 0.1) is 0 Å². The molecule has 0 spiro atoms. The summed E-state index contributed by atoms with van der Waals surface area (Å²) in [6.07, 6.45) is 2.38. The molecule has 0 amide bonds. The fraction of sp³-hybridized carbons (Fsp3) is 0.571. The van der Waals surface area contributed by atoms with Gasteiger partial charge in [-0.2, -0.15) is 5.10 Å². The molecule has 0 aliphatic carbocycles. The molecule has 0 fully saturated rings. The van der Waals surface area contributed by atoms with Gasteiger partial charge in [-0.25, -0.2) is 4.98 Å². The summed E-state index contributed by atoms with van der Waals surface area (Å²) in [4.78, 5) is 14.1. The maximum atomic E-state index is 10.1. The molecule has 1 rings (SSSR count). The second kappa shape index (κ2) is 3.85. The Morgan fingerprint density at radius 2 is 2.50 bits per heavy atom. The number of hydrogen-bond donors (Lipinski definition) is 1. The molecule has 0 bridgehead atoms. The van der Waals surface area contributed by atoms with Gasteiger partial charge in [-0.1, -0.05) is 0 Å². The zero-order valence-corrected chi connectivity index (χ0v) is 6.90. The Hall–Kier alpha value is -1.39. The van der Waals surface area contributed by atoms with E-state index in [4.69, 9.17) is 5.11 Å². The lowest BCUT2D eigenvalue weighted by molar-refractivity contribution is -0.137. The number of aromatic nitrogens is 3. The van der Waals surface area contributed by atoms with Gasteiger partial charge in [-0.3, -0.25) is 9.48 Å². The Kier molecular flexibility index (Phi) is 2.79. The molecule has 5 heteroatoms. The monoisotopic (exact) mass is 169 g/mol. The molecule has 0 unspecified atom stereocenters. The van der Waals surface area contributed by atoms with Crippen LogP contribution in [0.1, 0.15) is 18.7 Å². The van der Waals surface area contributed by atoms with Crippen molar-refractivity contribution in [2.45, 2.75) is 26.3 Å². The van der Waals surface area contributed by atoms with Crippen LogP contribution in [0.5, 0.6) is 0 Å². The highest BCUT2D eigenvalue weighted by Gasteiger charge is 1.98. The molecule has 0 aliphatic rings. The highest BCUT2D eigenvalue weighted by molar-refractivity contribution is 5.66. The molecular weight excluding hydrogens is 158 g/mol. The molecule has 1 N–H and O–H groups in total. The fourth-order valence-electron chi connectivity index (χ4n) is 0.888. The molecule has 0 radical (unpaired) electrons. The van der Waals surface area contributed by atoms with E-state index in [0.29, 0.717) is 18.8 Å². The van der Waals surface area contributed by atoms with Crippen molar-refractivity contribution in [3.05, 3.63) is 12.2 Å². The van der Waals surface area contributed by atoms with Crippen LogP contribution < -0.4 is 0 Å².